The van der Waals surface area contributed by atoms with Crippen molar-refractivity contribution in [3.63, 3.8) is 0 Å². The molecule has 0 bridgehead atoms. The van der Waals surface area contributed by atoms with Gasteiger partial charge in [-0.1, -0.05) is 18.2 Å². The molecule has 0 saturated carbocycles. The molecule has 0 unspecified atom stereocenters. The van der Waals surface area contributed by atoms with E-state index < -0.39 is 0 Å². The maximum atomic E-state index is 12.7. The number of thioether (sulfide) groups is 1. The molecule has 0 radical (unpaired) electrons. The Hall–Kier alpha value is -2.26. The van der Waals surface area contributed by atoms with Gasteiger partial charge in [-0.25, -0.2) is 4.98 Å². The van der Waals surface area contributed by atoms with Crippen LogP contribution >= 0.6 is 11.8 Å². The van der Waals surface area contributed by atoms with Gasteiger partial charge in [0.1, 0.15) is 11.9 Å². The van der Waals surface area contributed by atoms with E-state index in [0.717, 1.165) is 67.2 Å². The standard InChI is InChI=1S/C20H22N4OS/c21-14-17-13-16-3-1-2-4-18(16)22-19(17)23-7-5-15(6-8-23)20(25)24-9-11-26-12-10-24/h1-4,13,15H,5-12H2. The quantitative estimate of drug-likeness (QED) is 0.818. The number of pyridine rings is 1. The molecule has 0 N–H and O–H groups in total. The smallest absolute Gasteiger partial charge is 0.225 e. The van der Waals surface area contributed by atoms with Gasteiger partial charge < -0.3 is 9.80 Å². The van der Waals surface area contributed by atoms with Gasteiger partial charge in [0.05, 0.1) is 11.1 Å². The van der Waals surface area contributed by atoms with E-state index in [2.05, 4.69) is 11.0 Å². The molecule has 3 heterocycles. The normalized spacial score (nSPS) is 18.7. The monoisotopic (exact) mass is 366 g/mol. The van der Waals surface area contributed by atoms with Crippen LogP contribution in [0.1, 0.15) is 18.4 Å². The minimum Gasteiger partial charge on any atom is -0.355 e. The van der Waals surface area contributed by atoms with E-state index in [4.69, 9.17) is 4.98 Å². The lowest BCUT2D eigenvalue weighted by molar-refractivity contribution is -0.135. The zero-order chi connectivity index (χ0) is 17.9. The van der Waals surface area contributed by atoms with Gasteiger partial charge in [-0.05, 0) is 25.0 Å². The topological polar surface area (TPSA) is 60.2 Å². The van der Waals surface area contributed by atoms with Crippen LogP contribution in [0.15, 0.2) is 30.3 Å². The predicted octanol–water partition coefficient (Wildman–Crippen LogP) is 2.90. The number of para-hydroxylation sites is 1. The fourth-order valence-electron chi connectivity index (χ4n) is 3.81. The number of hydrogen-bond acceptors (Lipinski definition) is 5. The average molecular weight is 366 g/mol. The van der Waals surface area contributed by atoms with Crippen molar-refractivity contribution in [1.82, 2.24) is 9.88 Å². The molecule has 2 aromatic rings. The highest BCUT2D eigenvalue weighted by Gasteiger charge is 2.30. The molecule has 0 aliphatic carbocycles. The Morgan fingerprint density at radius 1 is 1.15 bits per heavy atom. The van der Waals surface area contributed by atoms with Crippen LogP contribution in [0.4, 0.5) is 5.82 Å². The Morgan fingerprint density at radius 2 is 1.88 bits per heavy atom. The average Bonchev–Trinajstić information content (AvgIpc) is 2.73. The van der Waals surface area contributed by atoms with Crippen LogP contribution in [-0.4, -0.2) is 53.5 Å². The van der Waals surface area contributed by atoms with Crippen LogP contribution < -0.4 is 4.90 Å². The Balaban J connectivity index is 1.48. The summed E-state index contributed by atoms with van der Waals surface area (Å²) in [5, 5.41) is 10.5. The van der Waals surface area contributed by atoms with Crippen LogP contribution in [0.25, 0.3) is 10.9 Å². The second-order valence-corrected chi connectivity index (χ2v) is 8.09. The van der Waals surface area contributed by atoms with Gasteiger partial charge in [-0.3, -0.25) is 4.79 Å². The molecule has 2 saturated heterocycles. The van der Waals surface area contributed by atoms with Crippen molar-refractivity contribution in [3.8, 4) is 6.07 Å². The lowest BCUT2D eigenvalue weighted by Crippen LogP contribution is -2.45. The number of carbonyl (C=O) groups is 1. The Morgan fingerprint density at radius 3 is 2.62 bits per heavy atom. The van der Waals surface area contributed by atoms with E-state index in [1.54, 1.807) is 0 Å². The second-order valence-electron chi connectivity index (χ2n) is 6.86. The van der Waals surface area contributed by atoms with Crippen molar-refractivity contribution in [1.29, 1.82) is 5.26 Å². The molecule has 1 amide bonds. The highest BCUT2D eigenvalue weighted by Crippen LogP contribution is 2.28. The Kier molecular flexibility index (Phi) is 4.98. The van der Waals surface area contributed by atoms with Gasteiger partial charge in [0, 0.05) is 49.0 Å². The summed E-state index contributed by atoms with van der Waals surface area (Å²) >= 11 is 1.92. The van der Waals surface area contributed by atoms with E-state index in [-0.39, 0.29) is 5.92 Å². The van der Waals surface area contributed by atoms with Crippen molar-refractivity contribution in [2.75, 3.05) is 42.6 Å². The van der Waals surface area contributed by atoms with E-state index in [1.807, 2.05) is 47.0 Å². The molecule has 6 heteroatoms. The third-order valence-electron chi connectivity index (χ3n) is 5.29. The first-order valence-electron chi connectivity index (χ1n) is 9.17. The van der Waals surface area contributed by atoms with E-state index in [0.29, 0.717) is 11.5 Å². The summed E-state index contributed by atoms with van der Waals surface area (Å²) in [6, 6.07) is 12.1. The largest absolute Gasteiger partial charge is 0.355 e. The zero-order valence-electron chi connectivity index (χ0n) is 14.7. The number of anilines is 1. The third-order valence-corrected chi connectivity index (χ3v) is 6.23. The summed E-state index contributed by atoms with van der Waals surface area (Å²) in [5.74, 6) is 3.29. The number of rotatable bonds is 2. The number of benzene rings is 1. The molecule has 4 rings (SSSR count). The molecule has 5 nitrogen and oxygen atoms in total. The zero-order valence-corrected chi connectivity index (χ0v) is 15.5. The molecule has 26 heavy (non-hydrogen) atoms. The summed E-state index contributed by atoms with van der Waals surface area (Å²) in [7, 11) is 0. The molecule has 2 fully saturated rings. The lowest BCUT2D eigenvalue weighted by atomic mass is 9.95. The van der Waals surface area contributed by atoms with Crippen LogP contribution in [0.3, 0.4) is 0 Å². The number of piperidine rings is 1. The summed E-state index contributed by atoms with van der Waals surface area (Å²) in [5.41, 5.74) is 1.52. The maximum Gasteiger partial charge on any atom is 0.225 e. The molecule has 134 valence electrons. The van der Waals surface area contributed by atoms with Crippen LogP contribution in [-0.2, 0) is 4.79 Å². The number of nitriles is 1. The summed E-state index contributed by atoms with van der Waals surface area (Å²) in [6.45, 7) is 3.32. The molecule has 2 aliphatic heterocycles. The van der Waals surface area contributed by atoms with Crippen LogP contribution in [0.2, 0.25) is 0 Å². The molecular weight excluding hydrogens is 344 g/mol. The summed E-state index contributed by atoms with van der Waals surface area (Å²) < 4.78 is 0. The minimum atomic E-state index is 0.111. The highest BCUT2D eigenvalue weighted by atomic mass is 32.2. The molecule has 1 aromatic heterocycles. The van der Waals surface area contributed by atoms with Crippen molar-refractivity contribution in [2.45, 2.75) is 12.8 Å². The molecule has 1 aromatic carbocycles. The summed E-state index contributed by atoms with van der Waals surface area (Å²) in [6.07, 6.45) is 1.67. The van der Waals surface area contributed by atoms with E-state index in [1.165, 1.54) is 0 Å². The Labute approximate surface area is 158 Å². The number of hydrogen-bond donors (Lipinski definition) is 0. The maximum absolute atomic E-state index is 12.7. The predicted molar refractivity (Wildman–Crippen MR) is 105 cm³/mol. The van der Waals surface area contributed by atoms with Gasteiger partial charge >= 0.3 is 0 Å². The SMILES string of the molecule is N#Cc1cc2ccccc2nc1N1CCC(C(=O)N2CCSCC2)CC1. The van der Waals surface area contributed by atoms with Crippen molar-refractivity contribution in [3.05, 3.63) is 35.9 Å². The van der Waals surface area contributed by atoms with Crippen molar-refractivity contribution < 1.29 is 4.79 Å². The van der Waals surface area contributed by atoms with Crippen LogP contribution in [0.5, 0.6) is 0 Å². The van der Waals surface area contributed by atoms with E-state index >= 15 is 0 Å². The van der Waals surface area contributed by atoms with Crippen molar-refractivity contribution >= 4 is 34.4 Å². The fourth-order valence-corrected chi connectivity index (χ4v) is 4.71. The number of carbonyl (C=O) groups excluding carboxylic acids is 1. The molecule has 0 atom stereocenters. The highest BCUT2D eigenvalue weighted by molar-refractivity contribution is 7.99. The number of aromatic nitrogens is 1. The number of nitrogens with zero attached hydrogens (tertiary/aromatic N) is 4. The van der Waals surface area contributed by atoms with Crippen LogP contribution in [0, 0.1) is 17.2 Å². The molecule has 2 aliphatic rings. The fraction of sp³-hybridized carbons (Fsp3) is 0.450. The van der Waals surface area contributed by atoms with Crippen molar-refractivity contribution in [2.24, 2.45) is 5.92 Å². The first-order valence-corrected chi connectivity index (χ1v) is 10.3. The lowest BCUT2D eigenvalue weighted by Gasteiger charge is -2.36. The summed E-state index contributed by atoms with van der Waals surface area (Å²) in [4.78, 5) is 21.7. The number of amides is 1. The Bertz CT molecular complexity index is 849. The minimum absolute atomic E-state index is 0.111. The second kappa shape index (κ2) is 7.55. The first-order chi connectivity index (χ1) is 12.8. The van der Waals surface area contributed by atoms with Gasteiger partial charge in [0.2, 0.25) is 5.91 Å². The molecular formula is C20H22N4OS. The first kappa shape index (κ1) is 17.2. The molecule has 0 spiro atoms. The van der Waals surface area contributed by atoms with Gasteiger partial charge in [0.15, 0.2) is 0 Å². The third kappa shape index (κ3) is 3.36. The van der Waals surface area contributed by atoms with E-state index in [9.17, 15) is 10.1 Å². The van der Waals surface area contributed by atoms with Gasteiger partial charge in [0.25, 0.3) is 0 Å². The van der Waals surface area contributed by atoms with Gasteiger partial charge in [-0.15, -0.1) is 0 Å². The number of fused-ring (bicyclic) bond motifs is 1. The van der Waals surface area contributed by atoms with Gasteiger partial charge in [-0.2, -0.15) is 17.0 Å².